The minimum atomic E-state index is -1.55. The molecule has 0 radical (unpaired) electrons. The van der Waals surface area contributed by atoms with Crippen molar-refractivity contribution in [2.75, 3.05) is 13.2 Å². The zero-order valence-electron chi connectivity index (χ0n) is 34.7. The van der Waals surface area contributed by atoms with Crippen LogP contribution in [-0.4, -0.2) is 87.5 Å². The predicted octanol–water partition coefficient (Wildman–Crippen LogP) is 9.11. The standard InChI is InChI=1S/C45H85NO8/c1-3-5-7-9-11-13-15-17-19-20-21-22-24-26-28-30-32-34-39(48)38(37-53-45-44(52)43(51)42(50)40(36-47)54-45)46-41(49)35-33-31-29-27-25-23-18-16-14-12-10-8-6-4-2/h10,12,16,18,38-40,42-45,47-48,50-52H,3-9,11,13-15,17,19-37H2,1-2H3,(H,46,49)/b12-10-,18-16-. The number of nitrogens with one attached hydrogen (secondary N) is 1. The third-order valence-electron chi connectivity index (χ3n) is 10.8. The molecule has 9 nitrogen and oxygen atoms in total. The van der Waals surface area contributed by atoms with Crippen LogP contribution in [0.25, 0.3) is 0 Å². The van der Waals surface area contributed by atoms with Crippen molar-refractivity contribution in [1.29, 1.82) is 0 Å². The van der Waals surface area contributed by atoms with Crippen molar-refractivity contribution in [3.05, 3.63) is 24.3 Å². The molecule has 1 aliphatic heterocycles. The van der Waals surface area contributed by atoms with Crippen molar-refractivity contribution in [3.8, 4) is 0 Å². The molecular weight excluding hydrogens is 682 g/mol. The molecule has 0 spiro atoms. The fourth-order valence-corrected chi connectivity index (χ4v) is 7.12. The lowest BCUT2D eigenvalue weighted by Gasteiger charge is -2.40. The molecule has 318 valence electrons. The number of amides is 1. The topological polar surface area (TPSA) is 149 Å². The molecule has 1 aliphatic rings. The third-order valence-corrected chi connectivity index (χ3v) is 10.8. The predicted molar refractivity (Wildman–Crippen MR) is 221 cm³/mol. The van der Waals surface area contributed by atoms with Crippen LogP contribution in [0.15, 0.2) is 24.3 Å². The Morgan fingerprint density at radius 3 is 1.65 bits per heavy atom. The lowest BCUT2D eigenvalue weighted by molar-refractivity contribution is -0.302. The molecule has 6 N–H and O–H groups in total. The van der Waals surface area contributed by atoms with Crippen molar-refractivity contribution in [2.45, 2.75) is 243 Å². The first-order valence-corrected chi connectivity index (χ1v) is 22.5. The van der Waals surface area contributed by atoms with Gasteiger partial charge in [0.2, 0.25) is 5.91 Å². The summed E-state index contributed by atoms with van der Waals surface area (Å²) in [4.78, 5) is 12.9. The number of carbonyl (C=O) groups excluding carboxylic acids is 1. The van der Waals surface area contributed by atoms with Crippen LogP contribution in [0.1, 0.15) is 200 Å². The van der Waals surface area contributed by atoms with E-state index in [9.17, 15) is 30.3 Å². The number of hydrogen-bond acceptors (Lipinski definition) is 8. The average molecular weight is 768 g/mol. The molecule has 0 aromatic rings. The molecule has 7 atom stereocenters. The Balaban J connectivity index is 2.35. The summed E-state index contributed by atoms with van der Waals surface area (Å²) in [5, 5.41) is 54.3. The molecule has 54 heavy (non-hydrogen) atoms. The first-order chi connectivity index (χ1) is 26.3. The van der Waals surface area contributed by atoms with Crippen LogP contribution in [0.5, 0.6) is 0 Å². The van der Waals surface area contributed by atoms with E-state index >= 15 is 0 Å². The molecule has 0 saturated carbocycles. The second-order valence-corrected chi connectivity index (χ2v) is 15.8. The van der Waals surface area contributed by atoms with Crippen LogP contribution in [0.3, 0.4) is 0 Å². The quantitative estimate of drug-likeness (QED) is 0.0271. The normalized spacial score (nSPS) is 21.6. The molecule has 0 aromatic carbocycles. The van der Waals surface area contributed by atoms with Crippen molar-refractivity contribution >= 4 is 5.91 Å². The van der Waals surface area contributed by atoms with Gasteiger partial charge in [-0.25, -0.2) is 0 Å². The Hall–Kier alpha value is -1.33. The Morgan fingerprint density at radius 2 is 1.11 bits per heavy atom. The van der Waals surface area contributed by atoms with Crippen molar-refractivity contribution in [2.24, 2.45) is 0 Å². The van der Waals surface area contributed by atoms with Crippen LogP contribution in [0.2, 0.25) is 0 Å². The number of ether oxygens (including phenoxy) is 2. The summed E-state index contributed by atoms with van der Waals surface area (Å²) in [5.41, 5.74) is 0. The number of aliphatic hydroxyl groups excluding tert-OH is 5. The number of aliphatic hydroxyl groups is 5. The molecule has 1 heterocycles. The Labute approximate surface area is 330 Å². The number of allylic oxidation sites excluding steroid dienone is 4. The molecule has 0 aromatic heterocycles. The van der Waals surface area contributed by atoms with Gasteiger partial charge in [-0.15, -0.1) is 0 Å². The van der Waals surface area contributed by atoms with Gasteiger partial charge in [0.15, 0.2) is 6.29 Å². The maximum atomic E-state index is 12.9. The first-order valence-electron chi connectivity index (χ1n) is 22.5. The summed E-state index contributed by atoms with van der Waals surface area (Å²) in [6.45, 7) is 3.78. The highest BCUT2D eigenvalue weighted by Gasteiger charge is 2.44. The smallest absolute Gasteiger partial charge is 0.220 e. The average Bonchev–Trinajstić information content (AvgIpc) is 3.17. The van der Waals surface area contributed by atoms with Gasteiger partial charge in [0.05, 0.1) is 25.4 Å². The van der Waals surface area contributed by atoms with Gasteiger partial charge >= 0.3 is 0 Å². The summed E-state index contributed by atoms with van der Waals surface area (Å²) in [7, 11) is 0. The fraction of sp³-hybridized carbons (Fsp3) is 0.889. The summed E-state index contributed by atoms with van der Waals surface area (Å²) < 4.78 is 11.2. The van der Waals surface area contributed by atoms with Gasteiger partial charge in [0.25, 0.3) is 0 Å². The second-order valence-electron chi connectivity index (χ2n) is 15.8. The van der Waals surface area contributed by atoms with Gasteiger partial charge in [-0.1, -0.05) is 179 Å². The zero-order chi connectivity index (χ0) is 39.5. The van der Waals surface area contributed by atoms with E-state index in [0.717, 1.165) is 64.2 Å². The van der Waals surface area contributed by atoms with E-state index in [1.54, 1.807) is 0 Å². The summed E-state index contributed by atoms with van der Waals surface area (Å²) in [5.74, 6) is -0.159. The summed E-state index contributed by atoms with van der Waals surface area (Å²) in [6.07, 6.45) is 34.6. The minimum Gasteiger partial charge on any atom is -0.394 e. The third kappa shape index (κ3) is 26.5. The van der Waals surface area contributed by atoms with Crippen LogP contribution in [0, 0.1) is 0 Å². The van der Waals surface area contributed by atoms with E-state index in [2.05, 4.69) is 43.5 Å². The van der Waals surface area contributed by atoms with Crippen molar-refractivity contribution in [3.63, 3.8) is 0 Å². The Kier molecular flexibility index (Phi) is 33.8. The maximum absolute atomic E-state index is 12.9. The largest absolute Gasteiger partial charge is 0.394 e. The zero-order valence-corrected chi connectivity index (χ0v) is 34.7. The highest BCUT2D eigenvalue weighted by Crippen LogP contribution is 2.23. The van der Waals surface area contributed by atoms with Gasteiger partial charge in [-0.05, 0) is 38.5 Å². The van der Waals surface area contributed by atoms with Gasteiger partial charge in [0, 0.05) is 6.42 Å². The lowest BCUT2D eigenvalue weighted by Crippen LogP contribution is -2.60. The molecule has 1 rings (SSSR count). The number of rotatable bonds is 37. The van der Waals surface area contributed by atoms with Crippen molar-refractivity contribution < 1.29 is 39.8 Å². The lowest BCUT2D eigenvalue weighted by atomic mass is 9.99. The number of hydrogen-bond donors (Lipinski definition) is 6. The van der Waals surface area contributed by atoms with Crippen LogP contribution >= 0.6 is 0 Å². The minimum absolute atomic E-state index is 0.142. The van der Waals surface area contributed by atoms with Crippen LogP contribution in [0.4, 0.5) is 0 Å². The molecule has 1 fully saturated rings. The highest BCUT2D eigenvalue weighted by atomic mass is 16.7. The molecule has 1 saturated heterocycles. The number of unbranched alkanes of at least 4 members (excludes halogenated alkanes) is 23. The summed E-state index contributed by atoms with van der Waals surface area (Å²) in [6, 6.07) is -0.723. The Morgan fingerprint density at radius 1 is 0.630 bits per heavy atom. The molecule has 0 aliphatic carbocycles. The SMILES string of the molecule is CCCC/C=C\C/C=C\CCCCCCCC(=O)NC(COC1OC(CO)C(O)C(O)C1O)C(O)CCCCCCCCCCCCCCCCCCC. The second kappa shape index (κ2) is 36.0. The monoisotopic (exact) mass is 768 g/mol. The van der Waals surface area contributed by atoms with Crippen LogP contribution in [-0.2, 0) is 14.3 Å². The molecule has 7 unspecified atom stereocenters. The van der Waals surface area contributed by atoms with E-state index in [0.29, 0.717) is 12.8 Å². The number of carbonyl (C=O) groups is 1. The highest BCUT2D eigenvalue weighted by molar-refractivity contribution is 5.76. The molecule has 1 amide bonds. The van der Waals surface area contributed by atoms with Gasteiger partial charge in [-0.3, -0.25) is 4.79 Å². The van der Waals surface area contributed by atoms with Crippen molar-refractivity contribution in [1.82, 2.24) is 5.32 Å². The van der Waals surface area contributed by atoms with Gasteiger partial charge in [0.1, 0.15) is 24.4 Å². The molecular formula is C45H85NO8. The summed E-state index contributed by atoms with van der Waals surface area (Å²) >= 11 is 0. The fourth-order valence-electron chi connectivity index (χ4n) is 7.12. The van der Waals surface area contributed by atoms with Gasteiger partial charge < -0.3 is 40.3 Å². The Bertz CT molecular complexity index is 899. The van der Waals surface area contributed by atoms with E-state index in [-0.39, 0.29) is 12.5 Å². The first kappa shape index (κ1) is 50.7. The maximum Gasteiger partial charge on any atom is 0.220 e. The van der Waals surface area contributed by atoms with Gasteiger partial charge in [-0.2, -0.15) is 0 Å². The molecule has 9 heteroatoms. The van der Waals surface area contributed by atoms with E-state index in [1.165, 1.54) is 109 Å². The van der Waals surface area contributed by atoms with E-state index < -0.39 is 49.5 Å². The van der Waals surface area contributed by atoms with E-state index in [1.807, 2.05) is 0 Å². The van der Waals surface area contributed by atoms with Crippen LogP contribution < -0.4 is 5.32 Å². The molecule has 0 bridgehead atoms. The van der Waals surface area contributed by atoms with E-state index in [4.69, 9.17) is 9.47 Å².